The molecule has 1 aliphatic rings. The van der Waals surface area contributed by atoms with Gasteiger partial charge in [0.25, 0.3) is 0 Å². The van der Waals surface area contributed by atoms with Gasteiger partial charge in [0.2, 0.25) is 15.9 Å². The topological polar surface area (TPSA) is 88.2 Å². The second kappa shape index (κ2) is 10.2. The first kappa shape index (κ1) is 27.6. The van der Waals surface area contributed by atoms with Gasteiger partial charge in [-0.2, -0.15) is 13.2 Å². The zero-order valence-electron chi connectivity index (χ0n) is 20.5. The predicted octanol–water partition coefficient (Wildman–Crippen LogP) is 5.62. The first-order valence-electron chi connectivity index (χ1n) is 11.4. The van der Waals surface area contributed by atoms with Crippen molar-refractivity contribution in [2.75, 3.05) is 11.0 Å². The Bertz CT molecular complexity index is 1290. The second-order valence-corrected chi connectivity index (χ2v) is 11.6. The molecule has 0 saturated carbocycles. The number of carbonyl (C=O) groups is 1. The molecule has 2 N–H and O–H groups in total. The molecule has 196 valence electrons. The lowest BCUT2D eigenvalue weighted by atomic mass is 9.77. The largest absolute Gasteiger partial charge is 0.433 e. The number of pyridine rings is 1. The Morgan fingerprint density at radius 3 is 2.44 bits per heavy atom. The number of anilines is 1. The van der Waals surface area contributed by atoms with Crippen LogP contribution in [0.3, 0.4) is 0 Å². The van der Waals surface area contributed by atoms with Crippen molar-refractivity contribution in [2.45, 2.75) is 58.7 Å². The van der Waals surface area contributed by atoms with E-state index in [4.69, 9.17) is 0 Å². The highest BCUT2D eigenvalue weighted by molar-refractivity contribution is 7.92. The van der Waals surface area contributed by atoms with Gasteiger partial charge in [0.05, 0.1) is 23.6 Å². The van der Waals surface area contributed by atoms with Gasteiger partial charge < -0.3 is 5.32 Å². The van der Waals surface area contributed by atoms with Crippen LogP contribution in [0.5, 0.6) is 0 Å². The summed E-state index contributed by atoms with van der Waals surface area (Å²) in [5.74, 6) is -2.10. The zero-order chi connectivity index (χ0) is 26.9. The lowest BCUT2D eigenvalue weighted by molar-refractivity contribution is -0.141. The fourth-order valence-electron chi connectivity index (χ4n) is 3.93. The number of allylic oxidation sites excluding steroid dienone is 2. The number of nitrogens with one attached hydrogen (secondary N) is 2. The van der Waals surface area contributed by atoms with Gasteiger partial charge in [-0.15, -0.1) is 0 Å². The minimum Gasteiger partial charge on any atom is -0.351 e. The van der Waals surface area contributed by atoms with Gasteiger partial charge in [0.15, 0.2) is 0 Å². The number of sulfonamides is 1. The Balaban J connectivity index is 1.80. The number of benzene rings is 1. The van der Waals surface area contributed by atoms with Crippen LogP contribution in [0, 0.1) is 11.2 Å². The van der Waals surface area contributed by atoms with E-state index in [1.165, 1.54) is 18.2 Å². The normalized spacial score (nSPS) is 16.7. The van der Waals surface area contributed by atoms with Gasteiger partial charge in [-0.3, -0.25) is 9.52 Å². The van der Waals surface area contributed by atoms with E-state index in [1.54, 1.807) is 6.92 Å². The van der Waals surface area contributed by atoms with Crippen LogP contribution in [0.2, 0.25) is 0 Å². The van der Waals surface area contributed by atoms with Crippen LogP contribution in [-0.2, 0) is 27.5 Å². The average molecular weight is 528 g/mol. The van der Waals surface area contributed by atoms with E-state index < -0.39 is 39.5 Å². The molecule has 0 saturated heterocycles. The Morgan fingerprint density at radius 2 is 1.89 bits per heavy atom. The maximum atomic E-state index is 14.3. The second-order valence-electron chi connectivity index (χ2n) is 9.85. The molecule has 3 rings (SSSR count). The zero-order valence-corrected chi connectivity index (χ0v) is 21.3. The van der Waals surface area contributed by atoms with Crippen LogP contribution >= 0.6 is 0 Å². The Labute approximate surface area is 208 Å². The highest BCUT2D eigenvalue weighted by Gasteiger charge is 2.34. The van der Waals surface area contributed by atoms with Crippen molar-refractivity contribution in [3.8, 4) is 0 Å². The number of hydrogen-bond donors (Lipinski definition) is 2. The first-order chi connectivity index (χ1) is 16.6. The third-order valence-electron chi connectivity index (χ3n) is 6.18. The van der Waals surface area contributed by atoms with Crippen LogP contribution < -0.4 is 10.0 Å². The molecule has 11 heteroatoms. The molecular weight excluding hydrogens is 498 g/mol. The van der Waals surface area contributed by atoms with Crippen molar-refractivity contribution >= 4 is 27.2 Å². The summed E-state index contributed by atoms with van der Waals surface area (Å²) in [5, 5.41) is 2.70. The van der Waals surface area contributed by atoms with Crippen LogP contribution in [-0.4, -0.2) is 25.6 Å². The molecule has 0 aliphatic heterocycles. The summed E-state index contributed by atoms with van der Waals surface area (Å²) < 4.78 is 79.1. The van der Waals surface area contributed by atoms with Crippen molar-refractivity contribution in [2.24, 2.45) is 5.41 Å². The summed E-state index contributed by atoms with van der Waals surface area (Å²) >= 11 is 0. The fraction of sp³-hybridized carbons (Fsp3) is 0.440. The summed E-state index contributed by atoms with van der Waals surface area (Å²) in [7, 11) is -3.67. The van der Waals surface area contributed by atoms with Crippen molar-refractivity contribution in [3.63, 3.8) is 0 Å². The molecule has 2 aromatic rings. The van der Waals surface area contributed by atoms with Crippen molar-refractivity contribution in [1.29, 1.82) is 0 Å². The number of alkyl halides is 3. The standard InChI is InChI=1S/C25H29F4N3O3S/c1-15(17-5-7-20(19(26)13-17)32-36(4,34)35)23(33)30-14-18-6-8-21(25(27,28)29)31-22(18)16-9-11-24(2,3)12-10-16/h5-9,13,15,32H,10-12,14H2,1-4H3,(H,30,33)/t15-/m0/s1. The van der Waals surface area contributed by atoms with Gasteiger partial charge in [0.1, 0.15) is 11.5 Å². The molecule has 1 aromatic carbocycles. The molecule has 0 unspecified atom stereocenters. The minimum atomic E-state index is -4.60. The number of carbonyl (C=O) groups excluding carboxylic acids is 1. The number of hydrogen-bond acceptors (Lipinski definition) is 4. The first-order valence-corrected chi connectivity index (χ1v) is 13.3. The lowest BCUT2D eigenvalue weighted by Gasteiger charge is -2.29. The van der Waals surface area contributed by atoms with E-state index in [-0.39, 0.29) is 23.3 Å². The molecule has 1 atom stereocenters. The van der Waals surface area contributed by atoms with E-state index in [9.17, 15) is 30.8 Å². The van der Waals surface area contributed by atoms with Crippen LogP contribution in [0.4, 0.5) is 23.2 Å². The predicted molar refractivity (Wildman–Crippen MR) is 130 cm³/mol. The van der Waals surface area contributed by atoms with Gasteiger partial charge in [-0.1, -0.05) is 32.1 Å². The number of aromatic nitrogens is 1. The maximum absolute atomic E-state index is 14.3. The SMILES string of the molecule is C[C@H](C(=O)NCc1ccc(C(F)(F)F)nc1C1=CCC(C)(C)CC1)c1ccc(NS(C)(=O)=O)c(F)c1. The Hall–Kier alpha value is -2.95. The monoisotopic (exact) mass is 527 g/mol. The Kier molecular flexibility index (Phi) is 7.83. The lowest BCUT2D eigenvalue weighted by Crippen LogP contribution is -2.28. The van der Waals surface area contributed by atoms with Crippen molar-refractivity contribution in [3.05, 3.63) is 64.7 Å². The highest BCUT2D eigenvalue weighted by Crippen LogP contribution is 2.39. The van der Waals surface area contributed by atoms with Gasteiger partial charge in [-0.05, 0) is 66.5 Å². The summed E-state index contributed by atoms with van der Waals surface area (Å²) in [4.78, 5) is 16.7. The number of rotatable bonds is 7. The van der Waals surface area contributed by atoms with Gasteiger partial charge in [-0.25, -0.2) is 17.8 Å². The number of halogens is 4. The summed E-state index contributed by atoms with van der Waals surface area (Å²) in [6.45, 7) is 5.68. The molecule has 1 amide bonds. The molecule has 1 aromatic heterocycles. The summed E-state index contributed by atoms with van der Waals surface area (Å²) in [6.07, 6.45) is 0.293. The molecular formula is C25H29F4N3O3S. The van der Waals surface area contributed by atoms with E-state index in [2.05, 4.69) is 28.9 Å². The summed E-state index contributed by atoms with van der Waals surface area (Å²) in [6, 6.07) is 5.94. The molecule has 1 heterocycles. The van der Waals surface area contributed by atoms with E-state index >= 15 is 0 Å². The smallest absolute Gasteiger partial charge is 0.351 e. The van der Waals surface area contributed by atoms with Crippen molar-refractivity contribution < 1.29 is 30.8 Å². The van der Waals surface area contributed by atoms with Gasteiger partial charge >= 0.3 is 6.18 Å². The molecule has 36 heavy (non-hydrogen) atoms. The number of nitrogens with zero attached hydrogens (tertiary/aromatic N) is 1. The van der Waals surface area contributed by atoms with Crippen LogP contribution in [0.15, 0.2) is 36.4 Å². The third-order valence-corrected chi connectivity index (χ3v) is 6.77. The third kappa shape index (κ3) is 7.05. The molecule has 0 fully saturated rings. The van der Waals surface area contributed by atoms with E-state index in [0.29, 0.717) is 29.5 Å². The maximum Gasteiger partial charge on any atom is 0.433 e. The molecule has 0 spiro atoms. The molecule has 1 aliphatic carbocycles. The molecule has 0 bridgehead atoms. The van der Waals surface area contributed by atoms with Crippen LogP contribution in [0.1, 0.15) is 68.5 Å². The summed E-state index contributed by atoms with van der Waals surface area (Å²) in [5.41, 5.74) is 0.518. The van der Waals surface area contributed by atoms with Crippen molar-refractivity contribution in [1.82, 2.24) is 10.3 Å². The number of amides is 1. The van der Waals surface area contributed by atoms with E-state index in [1.807, 2.05) is 6.08 Å². The van der Waals surface area contributed by atoms with E-state index in [0.717, 1.165) is 24.8 Å². The minimum absolute atomic E-state index is 0.0522. The highest BCUT2D eigenvalue weighted by atomic mass is 32.2. The Morgan fingerprint density at radius 1 is 1.19 bits per heavy atom. The van der Waals surface area contributed by atoms with Gasteiger partial charge in [0, 0.05) is 6.54 Å². The van der Waals surface area contributed by atoms with Crippen LogP contribution in [0.25, 0.3) is 5.57 Å². The quantitative estimate of drug-likeness (QED) is 0.457. The molecule has 0 radical (unpaired) electrons. The average Bonchev–Trinajstić information content (AvgIpc) is 2.77. The fourth-order valence-corrected chi connectivity index (χ4v) is 4.49. The molecule has 6 nitrogen and oxygen atoms in total.